The molecule has 0 spiro atoms. The predicted octanol–water partition coefficient (Wildman–Crippen LogP) is 3.39. The van der Waals surface area contributed by atoms with Gasteiger partial charge in [-0.15, -0.1) is 0 Å². The van der Waals surface area contributed by atoms with Crippen LogP contribution in [0.5, 0.6) is 0 Å². The molecule has 3 N–H and O–H groups in total. The number of nitrogen functional groups attached to an aromatic ring is 1. The molecule has 1 saturated heterocycles. The van der Waals surface area contributed by atoms with Crippen LogP contribution >= 0.6 is 0 Å². The molecular formula is C23H27N5O2. The van der Waals surface area contributed by atoms with Crippen LogP contribution in [0.2, 0.25) is 0 Å². The fourth-order valence-electron chi connectivity index (χ4n) is 4.41. The second-order valence-corrected chi connectivity index (χ2v) is 8.64. The highest BCUT2D eigenvalue weighted by Crippen LogP contribution is 2.50. The molecule has 0 bridgehead atoms. The first-order chi connectivity index (χ1) is 14.5. The van der Waals surface area contributed by atoms with E-state index in [-0.39, 0.29) is 11.5 Å². The summed E-state index contributed by atoms with van der Waals surface area (Å²) in [4.78, 5) is 11.1. The molecule has 7 nitrogen and oxygen atoms in total. The third-order valence-electron chi connectivity index (χ3n) is 6.61. The van der Waals surface area contributed by atoms with Gasteiger partial charge >= 0.3 is 6.01 Å². The average Bonchev–Trinajstić information content (AvgIpc) is 3.52. The first-order valence-electron chi connectivity index (χ1n) is 10.6. The zero-order chi connectivity index (χ0) is 20.7. The zero-order valence-corrected chi connectivity index (χ0v) is 17.2. The fraction of sp³-hybridized carbons (Fsp3) is 0.435. The first-order valence-corrected chi connectivity index (χ1v) is 10.6. The maximum absolute atomic E-state index is 9.75. The predicted molar refractivity (Wildman–Crippen MR) is 115 cm³/mol. The largest absolute Gasteiger partial charge is 0.393 e. The van der Waals surface area contributed by atoms with Crippen molar-refractivity contribution in [1.82, 2.24) is 15.1 Å². The number of hydrogen-bond donors (Lipinski definition) is 2. The number of anilines is 2. The van der Waals surface area contributed by atoms with Gasteiger partial charge in [-0.25, -0.2) is 4.98 Å². The number of pyridine rings is 1. The molecule has 2 aromatic heterocycles. The minimum atomic E-state index is -0.283. The fourth-order valence-corrected chi connectivity index (χ4v) is 4.41. The number of hydrogen-bond acceptors (Lipinski definition) is 7. The van der Waals surface area contributed by atoms with Crippen LogP contribution in [0.3, 0.4) is 0 Å². The third-order valence-corrected chi connectivity index (χ3v) is 6.61. The van der Waals surface area contributed by atoms with Crippen LogP contribution in [-0.2, 0) is 5.41 Å². The van der Waals surface area contributed by atoms with Crippen LogP contribution in [0, 0.1) is 5.92 Å². The third kappa shape index (κ3) is 3.43. The molecule has 2 fully saturated rings. The number of aliphatic hydroxyl groups is 1. The Morgan fingerprint density at radius 1 is 1.03 bits per heavy atom. The molecule has 1 aromatic carbocycles. The number of aromatic nitrogens is 3. The van der Waals surface area contributed by atoms with Crippen molar-refractivity contribution in [2.45, 2.75) is 44.1 Å². The average molecular weight is 406 g/mol. The highest BCUT2D eigenvalue weighted by atomic mass is 16.5. The second-order valence-electron chi connectivity index (χ2n) is 8.64. The van der Waals surface area contributed by atoms with Gasteiger partial charge in [0.1, 0.15) is 5.82 Å². The zero-order valence-electron chi connectivity index (χ0n) is 17.2. The Morgan fingerprint density at radius 3 is 2.37 bits per heavy atom. The Hall–Kier alpha value is -2.93. The molecule has 2 aliphatic rings. The van der Waals surface area contributed by atoms with E-state index in [0.29, 0.717) is 17.8 Å². The molecule has 1 aliphatic carbocycles. The van der Waals surface area contributed by atoms with Crippen molar-refractivity contribution in [2.24, 2.45) is 5.92 Å². The lowest BCUT2D eigenvalue weighted by Gasteiger charge is -2.28. The number of piperidine rings is 1. The Balaban J connectivity index is 1.43. The van der Waals surface area contributed by atoms with Crippen LogP contribution < -0.4 is 10.6 Å². The summed E-state index contributed by atoms with van der Waals surface area (Å²) in [7, 11) is 0. The van der Waals surface area contributed by atoms with E-state index in [1.165, 1.54) is 18.4 Å². The minimum absolute atomic E-state index is 0.227. The summed E-state index contributed by atoms with van der Waals surface area (Å²) < 4.78 is 5.65. The van der Waals surface area contributed by atoms with Crippen molar-refractivity contribution in [3.63, 3.8) is 0 Å². The van der Waals surface area contributed by atoms with E-state index in [9.17, 15) is 5.11 Å². The van der Waals surface area contributed by atoms with E-state index < -0.39 is 0 Å². The van der Waals surface area contributed by atoms with E-state index in [2.05, 4.69) is 46.2 Å². The Labute approximate surface area is 175 Å². The summed E-state index contributed by atoms with van der Waals surface area (Å²) in [6.45, 7) is 3.71. The van der Waals surface area contributed by atoms with Gasteiger partial charge in [0.15, 0.2) is 5.82 Å². The summed E-state index contributed by atoms with van der Waals surface area (Å²) in [6, 6.07) is 12.9. The monoisotopic (exact) mass is 405 g/mol. The van der Waals surface area contributed by atoms with E-state index in [1.54, 1.807) is 6.20 Å². The molecule has 156 valence electrons. The van der Waals surface area contributed by atoms with Crippen molar-refractivity contribution in [3.8, 4) is 11.1 Å². The van der Waals surface area contributed by atoms with Gasteiger partial charge < -0.3 is 20.3 Å². The maximum Gasteiger partial charge on any atom is 0.324 e. The van der Waals surface area contributed by atoms with E-state index in [0.717, 1.165) is 42.9 Å². The molecular weight excluding hydrogens is 378 g/mol. The van der Waals surface area contributed by atoms with Crippen molar-refractivity contribution in [1.29, 1.82) is 0 Å². The van der Waals surface area contributed by atoms with Crippen LogP contribution in [0.4, 0.5) is 11.8 Å². The van der Waals surface area contributed by atoms with E-state index >= 15 is 0 Å². The molecule has 0 radical (unpaired) electrons. The Morgan fingerprint density at radius 2 is 1.73 bits per heavy atom. The molecule has 7 heteroatoms. The van der Waals surface area contributed by atoms with Crippen molar-refractivity contribution in [2.75, 3.05) is 23.7 Å². The van der Waals surface area contributed by atoms with Gasteiger partial charge in [0.25, 0.3) is 0 Å². The van der Waals surface area contributed by atoms with Gasteiger partial charge in [0.2, 0.25) is 0 Å². The molecule has 3 aromatic rings. The number of nitrogens with two attached hydrogens (primary N) is 1. The van der Waals surface area contributed by atoms with Gasteiger partial charge in [-0.3, -0.25) is 0 Å². The number of aliphatic hydroxyl groups excluding tert-OH is 1. The summed E-state index contributed by atoms with van der Waals surface area (Å²) >= 11 is 0. The van der Waals surface area contributed by atoms with Crippen LogP contribution in [0.25, 0.3) is 11.1 Å². The molecule has 1 atom stereocenters. The number of benzene rings is 1. The lowest BCUT2D eigenvalue weighted by molar-refractivity contribution is 0.143. The highest BCUT2D eigenvalue weighted by Gasteiger charge is 2.47. The molecule has 1 saturated carbocycles. The van der Waals surface area contributed by atoms with Crippen LogP contribution in [0.15, 0.2) is 47.1 Å². The Kier molecular flexibility index (Phi) is 4.70. The summed E-state index contributed by atoms with van der Waals surface area (Å²) in [6.07, 6.45) is 5.37. The van der Waals surface area contributed by atoms with Crippen LogP contribution in [0.1, 0.15) is 44.0 Å². The lowest BCUT2D eigenvalue weighted by atomic mass is 9.77. The van der Waals surface area contributed by atoms with Gasteiger partial charge in [-0.2, -0.15) is 4.98 Å². The molecule has 1 unspecified atom stereocenters. The van der Waals surface area contributed by atoms with Gasteiger partial charge in [-0.1, -0.05) is 29.4 Å². The highest BCUT2D eigenvalue weighted by molar-refractivity contribution is 5.64. The van der Waals surface area contributed by atoms with E-state index in [1.807, 2.05) is 12.1 Å². The normalized spacial score (nSPS) is 19.6. The molecule has 3 heterocycles. The SMILES string of the molecule is CC(c1ccc(-c2ccc(N)nc2)cc1)(c1noc(N2CCC(O)CC2)n1)C1CC1. The van der Waals surface area contributed by atoms with Crippen molar-refractivity contribution in [3.05, 3.63) is 54.0 Å². The number of nitrogens with zero attached hydrogens (tertiary/aromatic N) is 4. The topological polar surface area (TPSA) is 101 Å². The molecule has 30 heavy (non-hydrogen) atoms. The van der Waals surface area contributed by atoms with Crippen LogP contribution in [-0.4, -0.2) is 39.4 Å². The van der Waals surface area contributed by atoms with Gasteiger partial charge in [-0.05, 0) is 61.8 Å². The quantitative estimate of drug-likeness (QED) is 0.671. The molecule has 5 rings (SSSR count). The second kappa shape index (κ2) is 7.40. The molecule has 0 amide bonds. The standard InChI is InChI=1S/C23H27N5O2/c1-23(18-7-8-18,21-26-22(30-27-21)28-12-10-19(29)11-13-28)17-5-2-15(3-6-17)16-4-9-20(24)25-14-16/h2-6,9,14,18-19,29H,7-8,10-13H2,1H3,(H2,24,25). The maximum atomic E-state index is 9.75. The lowest BCUT2D eigenvalue weighted by Crippen LogP contribution is -2.36. The smallest absolute Gasteiger partial charge is 0.324 e. The number of rotatable bonds is 5. The first kappa shape index (κ1) is 19.1. The summed E-state index contributed by atoms with van der Waals surface area (Å²) in [5, 5.41) is 14.1. The van der Waals surface area contributed by atoms with Crippen molar-refractivity contribution >= 4 is 11.8 Å². The summed E-state index contributed by atoms with van der Waals surface area (Å²) in [5.41, 5.74) is 8.76. The van der Waals surface area contributed by atoms with Gasteiger partial charge in [0, 0.05) is 24.8 Å². The minimum Gasteiger partial charge on any atom is -0.393 e. The Bertz CT molecular complexity index is 1000. The van der Waals surface area contributed by atoms with E-state index in [4.69, 9.17) is 15.2 Å². The van der Waals surface area contributed by atoms with Gasteiger partial charge in [0.05, 0.1) is 11.5 Å². The van der Waals surface area contributed by atoms with Crippen molar-refractivity contribution < 1.29 is 9.63 Å². The summed E-state index contributed by atoms with van der Waals surface area (Å²) in [5.74, 6) is 1.77. The molecule has 1 aliphatic heterocycles.